The van der Waals surface area contributed by atoms with Gasteiger partial charge in [-0.1, -0.05) is 0 Å². The molecule has 0 bridgehead atoms. The van der Waals surface area contributed by atoms with Crippen LogP contribution in [0.3, 0.4) is 0 Å². The van der Waals surface area contributed by atoms with Crippen LogP contribution in [0.1, 0.15) is 0 Å². The van der Waals surface area contributed by atoms with Crippen LogP contribution in [0.25, 0.3) is 0 Å². The summed E-state index contributed by atoms with van der Waals surface area (Å²) in [7, 11) is -2.67. The van der Waals surface area contributed by atoms with Crippen molar-refractivity contribution in [2.45, 2.75) is 11.0 Å². The third-order valence-corrected chi connectivity index (χ3v) is 3.11. The Morgan fingerprint density at radius 2 is 2.44 bits per heavy atom. The van der Waals surface area contributed by atoms with E-state index in [1.54, 1.807) is 0 Å². The minimum Gasteiger partial charge on any atom is -0.467 e. The highest BCUT2D eigenvalue weighted by Gasteiger charge is 2.20. The predicted molar refractivity (Wildman–Crippen MR) is 51.8 cm³/mol. The molecule has 1 aromatic rings. The van der Waals surface area contributed by atoms with Crippen molar-refractivity contribution in [2.75, 3.05) is 13.7 Å². The summed E-state index contributed by atoms with van der Waals surface area (Å²) in [6, 6.07) is 0. The maximum absolute atomic E-state index is 11.5. The Hall–Kier alpha value is -1.45. The lowest BCUT2D eigenvalue weighted by Crippen LogP contribution is -2.37. The molecule has 0 aliphatic heterocycles. The van der Waals surface area contributed by atoms with Crippen molar-refractivity contribution in [3.05, 3.63) is 12.4 Å². The highest BCUT2D eigenvalue weighted by molar-refractivity contribution is 7.89. The Kier molecular flexibility index (Phi) is 3.99. The maximum Gasteiger partial charge on any atom is 0.336 e. The normalized spacial score (nSPS) is 13.4. The summed E-state index contributed by atoms with van der Waals surface area (Å²) < 4.78 is 29.2. The fourth-order valence-electron chi connectivity index (χ4n) is 0.877. The number of esters is 1. The number of aromatic nitrogens is 2. The molecule has 0 saturated heterocycles. The molecule has 0 saturated carbocycles. The summed E-state index contributed by atoms with van der Waals surface area (Å²) >= 11 is 0. The van der Waals surface area contributed by atoms with Crippen LogP contribution >= 0.6 is 0 Å². The van der Waals surface area contributed by atoms with E-state index in [1.807, 2.05) is 4.72 Å². The summed E-state index contributed by atoms with van der Waals surface area (Å²) in [4.78, 5) is 10.7. The van der Waals surface area contributed by atoms with Gasteiger partial charge >= 0.3 is 5.97 Å². The first-order valence-electron chi connectivity index (χ1n) is 4.21. The van der Waals surface area contributed by atoms with Crippen LogP contribution in [0.2, 0.25) is 0 Å². The smallest absolute Gasteiger partial charge is 0.336 e. The van der Waals surface area contributed by atoms with Crippen molar-refractivity contribution in [3.8, 4) is 0 Å². The number of aliphatic hydroxyl groups excluding tert-OH is 1. The van der Waals surface area contributed by atoms with Gasteiger partial charge in [-0.15, -0.1) is 0 Å². The number of hydrogen-bond acceptors (Lipinski definition) is 6. The van der Waals surface area contributed by atoms with Crippen LogP contribution < -0.4 is 4.72 Å². The van der Waals surface area contributed by atoms with Crippen LogP contribution in [0.5, 0.6) is 0 Å². The number of carbonyl (C=O) groups excluding carboxylic acids is 1. The van der Waals surface area contributed by atoms with E-state index < -0.39 is 28.6 Å². The number of carbonyl (C=O) groups is 1. The molecule has 1 unspecified atom stereocenters. The number of hydrogen-bond donors (Lipinski definition) is 3. The van der Waals surface area contributed by atoms with E-state index in [4.69, 9.17) is 5.11 Å². The third kappa shape index (κ3) is 3.02. The number of H-pyrrole nitrogens is 1. The van der Waals surface area contributed by atoms with Crippen LogP contribution in [-0.4, -0.2) is 49.4 Å². The van der Waals surface area contributed by atoms with Gasteiger partial charge in [0.1, 0.15) is 4.90 Å². The van der Waals surface area contributed by atoms with Crippen molar-refractivity contribution in [1.29, 1.82) is 0 Å². The first-order valence-corrected chi connectivity index (χ1v) is 5.70. The highest BCUT2D eigenvalue weighted by atomic mass is 32.2. The first-order chi connectivity index (χ1) is 7.47. The van der Waals surface area contributed by atoms with E-state index in [-0.39, 0.29) is 4.90 Å². The van der Waals surface area contributed by atoms with Gasteiger partial charge in [-0.05, 0) is 0 Å². The standard InChI is InChI=1S/C7H11N3O5S/c1-15-7(12)6(11)4-10-16(13,14)5-2-8-9-3-5/h2-3,6,10-11H,4H2,1H3,(H,8,9). The molecule has 0 radical (unpaired) electrons. The quantitative estimate of drug-likeness (QED) is 0.530. The number of aliphatic hydroxyl groups is 1. The molecule has 1 rings (SSSR count). The number of aromatic amines is 1. The van der Waals surface area contributed by atoms with Crippen molar-refractivity contribution in [2.24, 2.45) is 0 Å². The first kappa shape index (κ1) is 12.6. The molecule has 1 heterocycles. The van der Waals surface area contributed by atoms with E-state index in [1.165, 1.54) is 6.20 Å². The van der Waals surface area contributed by atoms with E-state index in [9.17, 15) is 13.2 Å². The van der Waals surface area contributed by atoms with Gasteiger partial charge in [-0.25, -0.2) is 17.9 Å². The van der Waals surface area contributed by atoms with Gasteiger partial charge in [0.2, 0.25) is 10.0 Å². The third-order valence-electron chi connectivity index (χ3n) is 1.72. The average molecular weight is 249 g/mol. The number of ether oxygens (including phenoxy) is 1. The molecule has 0 aliphatic carbocycles. The second-order valence-electron chi connectivity index (χ2n) is 2.82. The molecule has 9 heteroatoms. The Bertz CT molecular complexity index is 441. The molecular weight excluding hydrogens is 238 g/mol. The number of methoxy groups -OCH3 is 1. The summed E-state index contributed by atoms with van der Waals surface area (Å²) in [5.74, 6) is -0.908. The summed E-state index contributed by atoms with van der Waals surface area (Å²) in [6.07, 6.45) is 0.742. The fourth-order valence-corrected chi connectivity index (χ4v) is 1.82. The number of nitrogens with one attached hydrogen (secondary N) is 2. The van der Waals surface area contributed by atoms with Gasteiger partial charge < -0.3 is 9.84 Å². The van der Waals surface area contributed by atoms with E-state index in [2.05, 4.69) is 14.9 Å². The molecule has 3 N–H and O–H groups in total. The van der Waals surface area contributed by atoms with Crippen LogP contribution in [0.15, 0.2) is 17.3 Å². The van der Waals surface area contributed by atoms with Gasteiger partial charge in [-0.2, -0.15) is 5.10 Å². The molecule has 0 amide bonds. The zero-order valence-electron chi connectivity index (χ0n) is 8.37. The van der Waals surface area contributed by atoms with Crippen molar-refractivity contribution < 1.29 is 23.1 Å². The lowest BCUT2D eigenvalue weighted by Gasteiger charge is -2.08. The van der Waals surface area contributed by atoms with Crippen molar-refractivity contribution >= 4 is 16.0 Å². The zero-order valence-corrected chi connectivity index (χ0v) is 9.19. The maximum atomic E-state index is 11.5. The Morgan fingerprint density at radius 1 is 1.75 bits per heavy atom. The number of sulfonamides is 1. The molecule has 0 aliphatic rings. The number of nitrogens with zero attached hydrogens (tertiary/aromatic N) is 1. The van der Waals surface area contributed by atoms with Gasteiger partial charge in [-0.3, -0.25) is 5.10 Å². The van der Waals surface area contributed by atoms with Crippen LogP contribution in [-0.2, 0) is 19.6 Å². The Labute approximate surface area is 91.7 Å². The van der Waals surface area contributed by atoms with E-state index in [0.717, 1.165) is 13.3 Å². The van der Waals surface area contributed by atoms with Gasteiger partial charge in [0, 0.05) is 12.7 Å². The molecule has 0 spiro atoms. The van der Waals surface area contributed by atoms with Gasteiger partial charge in [0.25, 0.3) is 0 Å². The minimum absolute atomic E-state index is 0.0791. The fraction of sp³-hybridized carbons (Fsp3) is 0.429. The summed E-state index contributed by atoms with van der Waals surface area (Å²) in [5, 5.41) is 15.0. The number of rotatable bonds is 5. The van der Waals surface area contributed by atoms with Crippen LogP contribution in [0.4, 0.5) is 0 Å². The highest BCUT2D eigenvalue weighted by Crippen LogP contribution is 2.03. The average Bonchev–Trinajstić information content (AvgIpc) is 2.78. The topological polar surface area (TPSA) is 121 Å². The lowest BCUT2D eigenvalue weighted by atomic mass is 10.4. The molecular formula is C7H11N3O5S. The van der Waals surface area contributed by atoms with Crippen molar-refractivity contribution in [3.63, 3.8) is 0 Å². The Balaban J connectivity index is 2.59. The molecule has 0 fully saturated rings. The van der Waals surface area contributed by atoms with Crippen molar-refractivity contribution in [1.82, 2.24) is 14.9 Å². The summed E-state index contributed by atoms with van der Waals surface area (Å²) in [6.45, 7) is -0.458. The molecule has 16 heavy (non-hydrogen) atoms. The SMILES string of the molecule is COC(=O)C(O)CNS(=O)(=O)c1cn[nH]c1. The van der Waals surface area contributed by atoms with E-state index in [0.29, 0.717) is 0 Å². The van der Waals surface area contributed by atoms with Crippen LogP contribution in [0, 0.1) is 0 Å². The molecule has 1 atom stereocenters. The zero-order chi connectivity index (χ0) is 12.2. The Morgan fingerprint density at radius 3 is 2.94 bits per heavy atom. The monoisotopic (exact) mass is 249 g/mol. The predicted octanol–water partition coefficient (Wildman–Crippen LogP) is -1.78. The van der Waals surface area contributed by atoms with Gasteiger partial charge in [0.05, 0.1) is 13.3 Å². The molecule has 8 nitrogen and oxygen atoms in total. The minimum atomic E-state index is -3.77. The molecule has 0 aromatic carbocycles. The van der Waals surface area contributed by atoms with E-state index >= 15 is 0 Å². The largest absolute Gasteiger partial charge is 0.467 e. The molecule has 90 valence electrons. The summed E-state index contributed by atoms with van der Waals surface area (Å²) in [5.41, 5.74) is 0. The second kappa shape index (κ2) is 5.05. The lowest BCUT2D eigenvalue weighted by molar-refractivity contribution is -0.149. The molecule has 1 aromatic heterocycles. The second-order valence-corrected chi connectivity index (χ2v) is 4.59. The van der Waals surface area contributed by atoms with Gasteiger partial charge in [0.15, 0.2) is 6.10 Å².